The van der Waals surface area contributed by atoms with Crippen LogP contribution in [0.1, 0.15) is 0 Å². The van der Waals surface area contributed by atoms with Crippen LogP contribution in [0.4, 0.5) is 10.1 Å². The van der Waals surface area contributed by atoms with Crippen molar-refractivity contribution in [1.29, 1.82) is 0 Å². The lowest BCUT2D eigenvalue weighted by Gasteiger charge is -2.08. The minimum Gasteiger partial charge on any atom is -0.497 e. The van der Waals surface area contributed by atoms with Crippen LogP contribution < -0.4 is 9.47 Å². The average molecular weight is 390 g/mol. The van der Waals surface area contributed by atoms with Gasteiger partial charge in [-0.1, -0.05) is 0 Å². The third kappa shape index (κ3) is 3.13. The topological polar surface area (TPSA) is 74.5 Å². The molecule has 1 heterocycles. The van der Waals surface area contributed by atoms with Crippen LogP contribution in [0, 0.1) is 19.6 Å². The molecule has 6 nitrogen and oxygen atoms in total. The number of hydrogen-bond donors (Lipinski definition) is 0. The van der Waals surface area contributed by atoms with Crippen LogP contribution in [0.25, 0.3) is 0 Å². The second-order valence-electron chi connectivity index (χ2n) is 3.63. The number of ether oxygens (including phenoxy) is 2. The molecule has 2 aromatic rings. The van der Waals surface area contributed by atoms with E-state index < -0.39 is 16.4 Å². The van der Waals surface area contributed by atoms with Gasteiger partial charge in [-0.25, -0.2) is 4.98 Å². The Morgan fingerprint density at radius 3 is 2.65 bits per heavy atom. The normalized spacial score (nSPS) is 10.2. The van der Waals surface area contributed by atoms with Gasteiger partial charge in [0.25, 0.3) is 0 Å². The molecule has 0 saturated carbocycles. The van der Waals surface area contributed by atoms with E-state index in [9.17, 15) is 14.5 Å². The molecule has 0 aliphatic heterocycles. The highest BCUT2D eigenvalue weighted by Gasteiger charge is 2.24. The van der Waals surface area contributed by atoms with Gasteiger partial charge in [-0.2, -0.15) is 4.39 Å². The first kappa shape index (κ1) is 14.4. The van der Waals surface area contributed by atoms with Crippen LogP contribution in [0.3, 0.4) is 0 Å². The molecule has 1 aromatic carbocycles. The van der Waals surface area contributed by atoms with Gasteiger partial charge in [0.15, 0.2) is 0 Å². The standard InChI is InChI=1S/C12H8FIN2O4/c1-19-8-4-9(13)12(16(17)18)10(5-8)20-7-2-3-11(14)15-6-7/h2-6H,1H3. The first-order chi connectivity index (χ1) is 9.51. The smallest absolute Gasteiger partial charge is 0.347 e. The van der Waals surface area contributed by atoms with Gasteiger partial charge < -0.3 is 9.47 Å². The van der Waals surface area contributed by atoms with Gasteiger partial charge in [0.1, 0.15) is 15.2 Å². The van der Waals surface area contributed by atoms with E-state index in [1.165, 1.54) is 19.4 Å². The number of nitro groups is 1. The van der Waals surface area contributed by atoms with Gasteiger partial charge in [0, 0.05) is 12.1 Å². The molecule has 0 spiro atoms. The van der Waals surface area contributed by atoms with Gasteiger partial charge in [0.2, 0.25) is 11.6 Å². The zero-order valence-electron chi connectivity index (χ0n) is 10.2. The van der Waals surface area contributed by atoms with Gasteiger partial charge in [-0.3, -0.25) is 10.1 Å². The average Bonchev–Trinajstić information content (AvgIpc) is 2.40. The molecule has 0 saturated heterocycles. The molecular weight excluding hydrogens is 382 g/mol. The zero-order chi connectivity index (χ0) is 14.7. The first-order valence-electron chi connectivity index (χ1n) is 5.32. The van der Waals surface area contributed by atoms with Crippen molar-refractivity contribution in [3.8, 4) is 17.2 Å². The quantitative estimate of drug-likeness (QED) is 0.346. The van der Waals surface area contributed by atoms with Crippen molar-refractivity contribution in [3.63, 3.8) is 0 Å². The SMILES string of the molecule is COc1cc(F)c([N+](=O)[O-])c(Oc2ccc(I)nc2)c1. The summed E-state index contributed by atoms with van der Waals surface area (Å²) in [6, 6.07) is 5.42. The number of aromatic nitrogens is 1. The monoisotopic (exact) mass is 390 g/mol. The maximum absolute atomic E-state index is 13.7. The van der Waals surface area contributed by atoms with E-state index in [0.717, 1.165) is 9.77 Å². The Hall–Kier alpha value is -1.97. The summed E-state index contributed by atoms with van der Waals surface area (Å²) < 4.78 is 24.6. The lowest BCUT2D eigenvalue weighted by Crippen LogP contribution is -1.98. The highest BCUT2D eigenvalue weighted by atomic mass is 127. The fourth-order valence-corrected chi connectivity index (χ4v) is 1.79. The molecule has 0 bridgehead atoms. The van der Waals surface area contributed by atoms with Crippen LogP contribution >= 0.6 is 22.6 Å². The first-order valence-corrected chi connectivity index (χ1v) is 6.40. The second kappa shape index (κ2) is 5.99. The fourth-order valence-electron chi connectivity index (χ4n) is 1.47. The minimum absolute atomic E-state index is 0.126. The number of halogens is 2. The fraction of sp³-hybridized carbons (Fsp3) is 0.0833. The molecule has 2 rings (SSSR count). The Bertz CT molecular complexity index is 649. The number of nitrogens with zero attached hydrogens (tertiary/aromatic N) is 2. The van der Waals surface area contributed by atoms with Crippen LogP contribution in [0.5, 0.6) is 17.2 Å². The molecule has 0 unspecified atom stereocenters. The Morgan fingerprint density at radius 2 is 2.10 bits per heavy atom. The molecule has 1 aromatic heterocycles. The predicted molar refractivity (Wildman–Crippen MR) is 76.6 cm³/mol. The molecule has 0 radical (unpaired) electrons. The summed E-state index contributed by atoms with van der Waals surface area (Å²) in [6.07, 6.45) is 1.39. The second-order valence-corrected chi connectivity index (χ2v) is 4.74. The zero-order valence-corrected chi connectivity index (χ0v) is 12.3. The molecule has 0 fully saturated rings. The largest absolute Gasteiger partial charge is 0.497 e. The molecule has 20 heavy (non-hydrogen) atoms. The molecule has 0 N–H and O–H groups in total. The molecule has 8 heteroatoms. The third-order valence-electron chi connectivity index (χ3n) is 2.35. The summed E-state index contributed by atoms with van der Waals surface area (Å²) >= 11 is 2.01. The molecular formula is C12H8FIN2O4. The van der Waals surface area contributed by atoms with Crippen molar-refractivity contribution in [2.45, 2.75) is 0 Å². The predicted octanol–water partition coefficient (Wildman–Crippen LogP) is 3.53. The van der Waals surface area contributed by atoms with E-state index in [1.807, 2.05) is 22.6 Å². The number of pyridine rings is 1. The molecule has 104 valence electrons. The van der Waals surface area contributed by atoms with Crippen molar-refractivity contribution in [2.75, 3.05) is 7.11 Å². The molecule has 0 aliphatic rings. The molecule has 0 aliphatic carbocycles. The Balaban J connectivity index is 2.45. The number of hydrogen-bond acceptors (Lipinski definition) is 5. The van der Waals surface area contributed by atoms with Crippen molar-refractivity contribution >= 4 is 28.3 Å². The summed E-state index contributed by atoms with van der Waals surface area (Å²) in [4.78, 5) is 14.1. The summed E-state index contributed by atoms with van der Waals surface area (Å²) in [5.74, 6) is -0.875. The number of methoxy groups -OCH3 is 1. The maximum Gasteiger partial charge on any atom is 0.347 e. The van der Waals surface area contributed by atoms with Crippen LogP contribution in [0.2, 0.25) is 0 Å². The van der Waals surface area contributed by atoms with Crippen molar-refractivity contribution < 1.29 is 18.8 Å². The number of rotatable bonds is 4. The van der Waals surface area contributed by atoms with E-state index >= 15 is 0 Å². The lowest BCUT2D eigenvalue weighted by atomic mass is 10.2. The summed E-state index contributed by atoms with van der Waals surface area (Å²) in [7, 11) is 1.33. The van der Waals surface area contributed by atoms with E-state index in [2.05, 4.69) is 4.98 Å². The van der Waals surface area contributed by atoms with E-state index in [0.29, 0.717) is 0 Å². The van der Waals surface area contributed by atoms with Crippen LogP contribution in [0.15, 0.2) is 30.5 Å². The van der Waals surface area contributed by atoms with E-state index in [1.54, 1.807) is 12.1 Å². The minimum atomic E-state index is -1.03. The van der Waals surface area contributed by atoms with Crippen molar-refractivity contribution in [2.24, 2.45) is 0 Å². The molecule has 0 atom stereocenters. The van der Waals surface area contributed by atoms with Crippen molar-refractivity contribution in [1.82, 2.24) is 4.98 Å². The van der Waals surface area contributed by atoms with E-state index in [-0.39, 0.29) is 17.2 Å². The lowest BCUT2D eigenvalue weighted by molar-refractivity contribution is -0.388. The maximum atomic E-state index is 13.7. The summed E-state index contributed by atoms with van der Waals surface area (Å²) in [5, 5.41) is 10.9. The van der Waals surface area contributed by atoms with Crippen molar-refractivity contribution in [3.05, 3.63) is 50.1 Å². The van der Waals surface area contributed by atoms with Crippen LogP contribution in [-0.4, -0.2) is 17.0 Å². The number of benzene rings is 1. The summed E-state index contributed by atoms with van der Waals surface area (Å²) in [6.45, 7) is 0. The Kier molecular flexibility index (Phi) is 4.32. The van der Waals surface area contributed by atoms with E-state index in [4.69, 9.17) is 9.47 Å². The Labute approximate surface area is 126 Å². The Morgan fingerprint density at radius 1 is 1.35 bits per heavy atom. The van der Waals surface area contributed by atoms with Crippen LogP contribution in [-0.2, 0) is 0 Å². The van der Waals surface area contributed by atoms with Gasteiger partial charge in [0.05, 0.1) is 18.2 Å². The number of nitro benzene ring substituents is 1. The highest BCUT2D eigenvalue weighted by molar-refractivity contribution is 14.1. The summed E-state index contributed by atoms with van der Waals surface area (Å²) in [5.41, 5.74) is -0.746. The van der Waals surface area contributed by atoms with Gasteiger partial charge >= 0.3 is 5.69 Å². The van der Waals surface area contributed by atoms with Gasteiger partial charge in [-0.05, 0) is 34.7 Å². The molecule has 0 amide bonds. The third-order valence-corrected chi connectivity index (χ3v) is 2.99. The highest BCUT2D eigenvalue weighted by Crippen LogP contribution is 2.37. The van der Waals surface area contributed by atoms with Gasteiger partial charge in [-0.15, -0.1) is 0 Å².